The van der Waals surface area contributed by atoms with Gasteiger partial charge in [0.15, 0.2) is 0 Å². The van der Waals surface area contributed by atoms with Crippen LogP contribution in [0.1, 0.15) is 31.4 Å². The van der Waals surface area contributed by atoms with Crippen molar-refractivity contribution in [2.75, 3.05) is 20.2 Å². The Morgan fingerprint density at radius 3 is 2.75 bits per heavy atom. The third-order valence-corrected chi connectivity index (χ3v) is 8.82. The van der Waals surface area contributed by atoms with Crippen LogP contribution in [0.15, 0.2) is 44.4 Å². The van der Waals surface area contributed by atoms with Crippen molar-refractivity contribution >= 4 is 43.2 Å². The maximum atomic E-state index is 12.9. The molecule has 0 radical (unpaired) electrons. The Morgan fingerprint density at radius 2 is 2.07 bits per heavy atom. The molecular formula is C19H23BrN2O4S2. The summed E-state index contributed by atoms with van der Waals surface area (Å²) in [5.74, 6) is 0.209. The van der Waals surface area contributed by atoms with Gasteiger partial charge in [0, 0.05) is 18.7 Å². The molecule has 1 fully saturated rings. The number of hydrogen-bond acceptors (Lipinski definition) is 5. The molecule has 0 spiro atoms. The van der Waals surface area contributed by atoms with Gasteiger partial charge in [-0.05, 0) is 53.9 Å². The highest BCUT2D eigenvalue weighted by Gasteiger charge is 2.34. The number of nitrogens with zero attached hydrogens (tertiary/aromatic N) is 1. The number of para-hydroxylation sites is 1. The summed E-state index contributed by atoms with van der Waals surface area (Å²) in [6.07, 6.45) is 1.33. The van der Waals surface area contributed by atoms with Gasteiger partial charge in [0.25, 0.3) is 10.0 Å². The van der Waals surface area contributed by atoms with Crippen LogP contribution in [-0.4, -0.2) is 38.8 Å². The summed E-state index contributed by atoms with van der Waals surface area (Å²) >= 11 is 4.49. The Morgan fingerprint density at radius 1 is 1.32 bits per heavy atom. The molecule has 0 aliphatic carbocycles. The standard InChI is InChI=1S/C19H23BrN2O4S2/c1-13(15-7-3-4-8-16(15)26-2)21-19(23)14-6-5-11-22(12-14)28(24,25)18-10-9-17(20)27-18/h3-4,7-10,13-14H,5-6,11-12H2,1-2H3,(H,21,23). The van der Waals surface area contributed by atoms with Crippen molar-refractivity contribution < 1.29 is 17.9 Å². The van der Waals surface area contributed by atoms with Crippen LogP contribution in [0.25, 0.3) is 0 Å². The molecule has 1 amide bonds. The fourth-order valence-corrected chi connectivity index (χ4v) is 7.06. The number of benzene rings is 1. The second-order valence-electron chi connectivity index (χ2n) is 6.73. The SMILES string of the molecule is COc1ccccc1C(C)NC(=O)C1CCCN(S(=O)(=O)c2ccc(Br)s2)C1. The minimum Gasteiger partial charge on any atom is -0.496 e. The van der Waals surface area contributed by atoms with E-state index in [0.717, 1.165) is 9.35 Å². The number of hydrogen-bond donors (Lipinski definition) is 1. The van der Waals surface area contributed by atoms with Crippen LogP contribution < -0.4 is 10.1 Å². The third kappa shape index (κ3) is 4.59. The van der Waals surface area contributed by atoms with Crippen LogP contribution in [0, 0.1) is 5.92 Å². The highest BCUT2D eigenvalue weighted by atomic mass is 79.9. The molecule has 1 N–H and O–H groups in total. The van der Waals surface area contributed by atoms with E-state index in [0.29, 0.717) is 29.3 Å². The second-order valence-corrected chi connectivity index (χ2v) is 11.4. The smallest absolute Gasteiger partial charge is 0.252 e. The first kappa shape index (κ1) is 21.3. The number of sulfonamides is 1. The number of methoxy groups -OCH3 is 1. The quantitative estimate of drug-likeness (QED) is 0.673. The number of amides is 1. The maximum absolute atomic E-state index is 12.9. The van der Waals surface area contributed by atoms with Crippen molar-refractivity contribution in [3.8, 4) is 5.75 Å². The molecule has 9 heteroatoms. The van der Waals surface area contributed by atoms with E-state index < -0.39 is 10.0 Å². The van der Waals surface area contributed by atoms with E-state index in [-0.39, 0.29) is 24.4 Å². The number of halogens is 1. The molecule has 3 rings (SSSR count). The third-order valence-electron chi connectivity index (χ3n) is 4.86. The van der Waals surface area contributed by atoms with E-state index in [2.05, 4.69) is 21.2 Å². The van der Waals surface area contributed by atoms with Crippen LogP contribution in [0.5, 0.6) is 5.75 Å². The van der Waals surface area contributed by atoms with Crippen molar-refractivity contribution in [2.45, 2.75) is 30.0 Å². The van der Waals surface area contributed by atoms with Crippen LogP contribution in [0.3, 0.4) is 0 Å². The average Bonchev–Trinajstić information content (AvgIpc) is 3.15. The van der Waals surface area contributed by atoms with Crippen LogP contribution in [0.2, 0.25) is 0 Å². The fourth-order valence-electron chi connectivity index (χ4n) is 3.37. The summed E-state index contributed by atoms with van der Waals surface area (Å²) in [7, 11) is -1.98. The van der Waals surface area contributed by atoms with Crippen molar-refractivity contribution in [2.24, 2.45) is 5.92 Å². The second kappa shape index (κ2) is 8.94. The molecule has 152 valence electrons. The lowest BCUT2D eigenvalue weighted by Gasteiger charge is -2.31. The zero-order valence-electron chi connectivity index (χ0n) is 15.7. The normalized spacial score (nSPS) is 19.2. The lowest BCUT2D eigenvalue weighted by Crippen LogP contribution is -2.45. The zero-order chi connectivity index (χ0) is 20.3. The average molecular weight is 487 g/mol. The number of rotatable bonds is 6. The van der Waals surface area contributed by atoms with Gasteiger partial charge < -0.3 is 10.1 Å². The van der Waals surface area contributed by atoms with Gasteiger partial charge in [0.2, 0.25) is 5.91 Å². The Hall–Kier alpha value is -1.42. The molecule has 0 bridgehead atoms. The minimum atomic E-state index is -3.58. The van der Waals surface area contributed by atoms with Crippen LogP contribution >= 0.6 is 27.3 Å². The lowest BCUT2D eigenvalue weighted by molar-refractivity contribution is -0.126. The van der Waals surface area contributed by atoms with Crippen molar-refractivity contribution in [1.82, 2.24) is 9.62 Å². The van der Waals surface area contributed by atoms with E-state index in [4.69, 9.17) is 4.74 Å². The topological polar surface area (TPSA) is 75.7 Å². The molecule has 2 atom stereocenters. The van der Waals surface area contributed by atoms with Gasteiger partial charge in [0.1, 0.15) is 9.96 Å². The monoisotopic (exact) mass is 486 g/mol. The Bertz CT molecular complexity index is 945. The fraction of sp³-hybridized carbons (Fsp3) is 0.421. The van der Waals surface area contributed by atoms with E-state index in [1.165, 1.54) is 15.6 Å². The summed E-state index contributed by atoms with van der Waals surface area (Å²) < 4.78 is 33.6. The molecule has 1 aromatic carbocycles. The molecule has 1 aliphatic rings. The summed E-state index contributed by atoms with van der Waals surface area (Å²) in [4.78, 5) is 12.8. The number of thiophene rings is 1. The Balaban J connectivity index is 1.69. The summed E-state index contributed by atoms with van der Waals surface area (Å²) in [6.45, 7) is 2.53. The molecule has 2 aromatic rings. The summed E-state index contributed by atoms with van der Waals surface area (Å²) in [5.41, 5.74) is 0.891. The number of carbonyl (C=O) groups is 1. The van der Waals surface area contributed by atoms with E-state index in [9.17, 15) is 13.2 Å². The Labute approximate surface area is 178 Å². The van der Waals surface area contributed by atoms with E-state index in [1.54, 1.807) is 19.2 Å². The van der Waals surface area contributed by atoms with Gasteiger partial charge in [-0.3, -0.25) is 4.79 Å². The van der Waals surface area contributed by atoms with Crippen LogP contribution in [0.4, 0.5) is 0 Å². The van der Waals surface area contributed by atoms with Gasteiger partial charge >= 0.3 is 0 Å². The first-order valence-electron chi connectivity index (χ1n) is 9.01. The molecule has 28 heavy (non-hydrogen) atoms. The molecule has 1 aromatic heterocycles. The summed E-state index contributed by atoms with van der Waals surface area (Å²) in [6, 6.07) is 10.6. The van der Waals surface area contributed by atoms with Gasteiger partial charge in [-0.25, -0.2) is 8.42 Å². The molecule has 0 saturated carbocycles. The van der Waals surface area contributed by atoms with Crippen molar-refractivity contribution in [1.29, 1.82) is 0 Å². The van der Waals surface area contributed by atoms with E-state index >= 15 is 0 Å². The molecule has 1 aliphatic heterocycles. The number of piperidine rings is 1. The first-order valence-corrected chi connectivity index (χ1v) is 12.1. The lowest BCUT2D eigenvalue weighted by atomic mass is 9.97. The highest BCUT2D eigenvalue weighted by Crippen LogP contribution is 2.31. The van der Waals surface area contributed by atoms with Crippen LogP contribution in [-0.2, 0) is 14.8 Å². The Kier molecular flexibility index (Phi) is 6.80. The van der Waals surface area contributed by atoms with Gasteiger partial charge in [-0.1, -0.05) is 18.2 Å². The highest BCUT2D eigenvalue weighted by molar-refractivity contribution is 9.11. The van der Waals surface area contributed by atoms with Gasteiger partial charge in [-0.2, -0.15) is 4.31 Å². The molecule has 2 unspecified atom stereocenters. The number of nitrogens with one attached hydrogen (secondary N) is 1. The van der Waals surface area contributed by atoms with Crippen molar-refractivity contribution in [3.63, 3.8) is 0 Å². The zero-order valence-corrected chi connectivity index (χ0v) is 18.9. The molecule has 6 nitrogen and oxygen atoms in total. The first-order chi connectivity index (χ1) is 13.3. The number of ether oxygens (including phenoxy) is 1. The summed E-state index contributed by atoms with van der Waals surface area (Å²) in [5, 5.41) is 3.01. The van der Waals surface area contributed by atoms with E-state index in [1.807, 2.05) is 31.2 Å². The molecular weight excluding hydrogens is 464 g/mol. The van der Waals surface area contributed by atoms with Gasteiger partial charge in [0.05, 0.1) is 22.9 Å². The van der Waals surface area contributed by atoms with Gasteiger partial charge in [-0.15, -0.1) is 11.3 Å². The largest absolute Gasteiger partial charge is 0.496 e. The predicted octanol–water partition coefficient (Wildman–Crippen LogP) is 3.80. The molecule has 2 heterocycles. The predicted molar refractivity (Wildman–Crippen MR) is 113 cm³/mol. The van der Waals surface area contributed by atoms with Crippen molar-refractivity contribution in [3.05, 3.63) is 45.7 Å². The minimum absolute atomic E-state index is 0.134. The maximum Gasteiger partial charge on any atom is 0.252 e. The molecule has 1 saturated heterocycles. The number of carbonyl (C=O) groups excluding carboxylic acids is 1.